The van der Waals surface area contributed by atoms with Crippen molar-refractivity contribution in [3.05, 3.63) is 16.6 Å². The number of hydrogen-bond acceptors (Lipinski definition) is 4. The van der Waals surface area contributed by atoms with Gasteiger partial charge >= 0.3 is 0 Å². The Bertz CT molecular complexity index is 357. The van der Waals surface area contributed by atoms with Crippen LogP contribution in [0.4, 0.5) is 0 Å². The van der Waals surface area contributed by atoms with E-state index >= 15 is 0 Å². The molecule has 0 saturated heterocycles. The highest BCUT2D eigenvalue weighted by molar-refractivity contribution is 7.07. The minimum Gasteiger partial charge on any atom is -0.349 e. The van der Waals surface area contributed by atoms with E-state index in [-0.39, 0.29) is 11.4 Å². The predicted octanol–water partition coefficient (Wildman–Crippen LogP) is 1.36. The molecule has 88 valence electrons. The summed E-state index contributed by atoms with van der Waals surface area (Å²) in [5, 5.41) is 4.75. The van der Waals surface area contributed by atoms with E-state index in [4.69, 9.17) is 0 Å². The topological polar surface area (TPSA) is 45.2 Å². The van der Waals surface area contributed by atoms with Gasteiger partial charge in [-0.15, -0.1) is 11.3 Å². The van der Waals surface area contributed by atoms with Crippen LogP contribution < -0.4 is 5.32 Å². The third-order valence-electron chi connectivity index (χ3n) is 3.48. The average molecular weight is 239 g/mol. The second kappa shape index (κ2) is 4.51. The fourth-order valence-electron chi connectivity index (χ4n) is 2.03. The highest BCUT2D eigenvalue weighted by Gasteiger charge is 2.39. The maximum atomic E-state index is 11.7. The summed E-state index contributed by atoms with van der Waals surface area (Å²) in [4.78, 5) is 17.9. The fraction of sp³-hybridized carbons (Fsp3) is 0.636. The highest BCUT2D eigenvalue weighted by atomic mass is 32.1. The Morgan fingerprint density at radius 1 is 1.62 bits per heavy atom. The molecule has 1 aromatic rings. The zero-order valence-corrected chi connectivity index (χ0v) is 10.5. The smallest absolute Gasteiger partial charge is 0.270 e. The van der Waals surface area contributed by atoms with Gasteiger partial charge in [0.1, 0.15) is 5.69 Å². The summed E-state index contributed by atoms with van der Waals surface area (Å²) in [6.45, 7) is 0.719. The maximum absolute atomic E-state index is 11.7. The SMILES string of the molecule is CN(C)C1(CNC(=O)c2cscn2)CCC1. The van der Waals surface area contributed by atoms with Crippen molar-refractivity contribution in [1.29, 1.82) is 0 Å². The molecule has 0 radical (unpaired) electrons. The number of carbonyl (C=O) groups excluding carboxylic acids is 1. The third-order valence-corrected chi connectivity index (χ3v) is 4.06. The molecule has 1 aliphatic rings. The minimum atomic E-state index is -0.0608. The van der Waals surface area contributed by atoms with E-state index in [9.17, 15) is 4.79 Å². The van der Waals surface area contributed by atoms with Gasteiger partial charge in [-0.05, 0) is 33.4 Å². The Balaban J connectivity index is 1.90. The molecule has 16 heavy (non-hydrogen) atoms. The molecule has 5 heteroatoms. The zero-order valence-electron chi connectivity index (χ0n) is 9.69. The van der Waals surface area contributed by atoms with E-state index in [0.29, 0.717) is 5.69 Å². The van der Waals surface area contributed by atoms with E-state index < -0.39 is 0 Å². The number of thiazole rings is 1. The van der Waals surface area contributed by atoms with Crippen LogP contribution in [0.15, 0.2) is 10.9 Å². The van der Waals surface area contributed by atoms with Crippen molar-refractivity contribution in [2.45, 2.75) is 24.8 Å². The van der Waals surface area contributed by atoms with Crippen LogP contribution in [0.3, 0.4) is 0 Å². The lowest BCUT2D eigenvalue weighted by atomic mass is 9.75. The number of hydrogen-bond donors (Lipinski definition) is 1. The summed E-state index contributed by atoms with van der Waals surface area (Å²) >= 11 is 1.44. The Hall–Kier alpha value is -0.940. The molecule has 0 unspecified atom stereocenters. The first kappa shape index (κ1) is 11.5. The van der Waals surface area contributed by atoms with E-state index in [1.165, 1.54) is 17.8 Å². The molecule has 0 atom stereocenters. The Morgan fingerprint density at radius 2 is 2.38 bits per heavy atom. The quantitative estimate of drug-likeness (QED) is 0.863. The van der Waals surface area contributed by atoms with Crippen molar-refractivity contribution in [3.8, 4) is 0 Å². The molecule has 1 aromatic heterocycles. The Labute approximate surface area is 99.7 Å². The van der Waals surface area contributed by atoms with Gasteiger partial charge in [-0.25, -0.2) is 4.98 Å². The van der Waals surface area contributed by atoms with Crippen molar-refractivity contribution >= 4 is 17.2 Å². The molecule has 0 bridgehead atoms. The first-order valence-corrected chi connectivity index (χ1v) is 6.42. The average Bonchev–Trinajstić information content (AvgIpc) is 2.67. The number of rotatable bonds is 4. The number of carbonyl (C=O) groups is 1. The molecule has 2 rings (SSSR count). The van der Waals surface area contributed by atoms with Crippen molar-refractivity contribution < 1.29 is 4.79 Å². The van der Waals surface area contributed by atoms with Gasteiger partial charge in [-0.1, -0.05) is 0 Å². The molecule has 1 saturated carbocycles. The zero-order chi connectivity index (χ0) is 11.6. The molecule has 1 N–H and O–H groups in total. The normalized spacial score (nSPS) is 18.2. The van der Waals surface area contributed by atoms with Gasteiger partial charge in [0.15, 0.2) is 0 Å². The van der Waals surface area contributed by atoms with Crippen LogP contribution >= 0.6 is 11.3 Å². The number of amides is 1. The molecule has 1 amide bonds. The van der Waals surface area contributed by atoms with Crippen molar-refractivity contribution in [3.63, 3.8) is 0 Å². The van der Waals surface area contributed by atoms with Crippen LogP contribution in [0.1, 0.15) is 29.8 Å². The van der Waals surface area contributed by atoms with E-state index in [1.807, 2.05) is 0 Å². The monoisotopic (exact) mass is 239 g/mol. The molecule has 1 aliphatic carbocycles. The summed E-state index contributed by atoms with van der Waals surface area (Å²) < 4.78 is 0. The van der Waals surface area contributed by atoms with Crippen LogP contribution in [0.2, 0.25) is 0 Å². The van der Waals surface area contributed by atoms with Crippen molar-refractivity contribution in [2.75, 3.05) is 20.6 Å². The summed E-state index contributed by atoms with van der Waals surface area (Å²) in [5.74, 6) is -0.0608. The second-order valence-corrected chi connectivity index (χ2v) is 5.25. The van der Waals surface area contributed by atoms with Gasteiger partial charge in [0.05, 0.1) is 5.51 Å². The molecule has 4 nitrogen and oxygen atoms in total. The molecular weight excluding hydrogens is 222 g/mol. The molecule has 0 aromatic carbocycles. The highest BCUT2D eigenvalue weighted by Crippen LogP contribution is 2.35. The van der Waals surface area contributed by atoms with Gasteiger partial charge in [0, 0.05) is 17.5 Å². The number of nitrogens with one attached hydrogen (secondary N) is 1. The summed E-state index contributed by atoms with van der Waals surface area (Å²) in [7, 11) is 4.16. The lowest BCUT2D eigenvalue weighted by molar-refractivity contribution is 0.0556. The molecule has 0 spiro atoms. The standard InChI is InChI=1S/C11H17N3OS/c1-14(2)11(4-3-5-11)7-12-10(15)9-6-16-8-13-9/h6,8H,3-5,7H2,1-2H3,(H,12,15). The van der Waals surface area contributed by atoms with Crippen LogP contribution in [0.5, 0.6) is 0 Å². The fourth-order valence-corrected chi connectivity index (χ4v) is 2.56. The van der Waals surface area contributed by atoms with Crippen LogP contribution in [0, 0.1) is 0 Å². The second-order valence-electron chi connectivity index (χ2n) is 4.53. The maximum Gasteiger partial charge on any atom is 0.270 e. The minimum absolute atomic E-state index is 0.0608. The number of aromatic nitrogens is 1. The van der Waals surface area contributed by atoms with Crippen LogP contribution in [0.25, 0.3) is 0 Å². The van der Waals surface area contributed by atoms with Gasteiger partial charge in [-0.2, -0.15) is 0 Å². The molecule has 1 heterocycles. The largest absolute Gasteiger partial charge is 0.349 e. The van der Waals surface area contributed by atoms with Gasteiger partial charge in [-0.3, -0.25) is 4.79 Å². The Morgan fingerprint density at radius 3 is 2.81 bits per heavy atom. The first-order chi connectivity index (χ1) is 7.64. The molecule has 1 fully saturated rings. The van der Waals surface area contributed by atoms with E-state index in [0.717, 1.165) is 19.4 Å². The van der Waals surface area contributed by atoms with E-state index in [2.05, 4.69) is 29.3 Å². The van der Waals surface area contributed by atoms with Crippen LogP contribution in [-0.4, -0.2) is 42.0 Å². The van der Waals surface area contributed by atoms with Gasteiger partial charge in [0.25, 0.3) is 5.91 Å². The van der Waals surface area contributed by atoms with E-state index in [1.54, 1.807) is 10.9 Å². The molecule has 0 aliphatic heterocycles. The lowest BCUT2D eigenvalue weighted by Gasteiger charge is -2.47. The summed E-state index contributed by atoms with van der Waals surface area (Å²) in [6.07, 6.45) is 3.58. The lowest BCUT2D eigenvalue weighted by Crippen LogP contribution is -2.57. The summed E-state index contributed by atoms with van der Waals surface area (Å²) in [6, 6.07) is 0. The number of likely N-dealkylation sites (N-methyl/N-ethyl adjacent to an activating group) is 1. The summed E-state index contributed by atoms with van der Waals surface area (Å²) in [5.41, 5.74) is 2.38. The molecular formula is C11H17N3OS. The van der Waals surface area contributed by atoms with Crippen molar-refractivity contribution in [1.82, 2.24) is 15.2 Å². The first-order valence-electron chi connectivity index (χ1n) is 5.48. The van der Waals surface area contributed by atoms with Crippen molar-refractivity contribution in [2.24, 2.45) is 0 Å². The number of nitrogens with zero attached hydrogens (tertiary/aromatic N) is 2. The predicted molar refractivity (Wildman–Crippen MR) is 64.7 cm³/mol. The third kappa shape index (κ3) is 2.10. The van der Waals surface area contributed by atoms with Gasteiger partial charge in [0.2, 0.25) is 0 Å². The van der Waals surface area contributed by atoms with Crippen LogP contribution in [-0.2, 0) is 0 Å². The Kier molecular flexibility index (Phi) is 3.25. The van der Waals surface area contributed by atoms with Gasteiger partial charge < -0.3 is 10.2 Å².